The van der Waals surface area contributed by atoms with Gasteiger partial charge < -0.3 is 14.8 Å². The minimum Gasteiger partial charge on any atom is -0.331 e. The first-order valence-corrected chi connectivity index (χ1v) is 11.1. The molecule has 2 N–H and O–H groups in total. The van der Waals surface area contributed by atoms with Crippen molar-refractivity contribution < 1.29 is 9.69 Å². The lowest BCUT2D eigenvalue weighted by Crippen LogP contribution is -3.06. The summed E-state index contributed by atoms with van der Waals surface area (Å²) in [4.78, 5) is 13.8. The molecule has 0 fully saturated rings. The molecule has 2 aromatic rings. The van der Waals surface area contributed by atoms with E-state index in [1.807, 2.05) is 26.0 Å². The number of unbranched alkanes of at least 4 members (excludes halogenated alkanes) is 1. The first-order valence-electron chi connectivity index (χ1n) is 10.1. The number of anilines is 1. The van der Waals surface area contributed by atoms with Crippen LogP contribution in [0.1, 0.15) is 56.1 Å². The fraction of sp³-hybridized carbons (Fsp3) is 0.571. The van der Waals surface area contributed by atoms with Crippen molar-refractivity contribution >= 4 is 23.4 Å². The first-order chi connectivity index (χ1) is 13.3. The lowest BCUT2D eigenvalue weighted by molar-refractivity contribution is -0.893. The van der Waals surface area contributed by atoms with Gasteiger partial charge in [-0.05, 0) is 43.5 Å². The Balaban J connectivity index is 2.09. The molecule has 0 saturated carbocycles. The molecule has 1 amide bonds. The monoisotopic (exact) mass is 404 g/mol. The van der Waals surface area contributed by atoms with Crippen molar-refractivity contribution in [3.8, 4) is 0 Å². The average molecular weight is 405 g/mol. The van der Waals surface area contributed by atoms with E-state index in [4.69, 9.17) is 0 Å². The number of hydrogen-bond donors (Lipinski definition) is 2. The second-order valence-electron chi connectivity index (χ2n) is 7.60. The number of carbonyl (C=O) groups is 1. The number of nitrogens with one attached hydrogen (secondary N) is 2. The number of rotatable bonds is 10. The number of nitrogens with zero attached hydrogens (tertiary/aromatic N) is 3. The van der Waals surface area contributed by atoms with Crippen LogP contribution in [0.4, 0.5) is 5.69 Å². The maximum atomic E-state index is 12.4. The molecular weight excluding hydrogens is 370 g/mol. The van der Waals surface area contributed by atoms with Crippen molar-refractivity contribution in [1.29, 1.82) is 0 Å². The van der Waals surface area contributed by atoms with Crippen LogP contribution in [0.3, 0.4) is 0 Å². The topological polar surface area (TPSA) is 64.2 Å². The van der Waals surface area contributed by atoms with Gasteiger partial charge in [0.2, 0.25) is 5.91 Å². The number of amides is 1. The molecule has 1 atom stereocenters. The van der Waals surface area contributed by atoms with Gasteiger partial charge in [0.25, 0.3) is 0 Å². The quantitative estimate of drug-likeness (QED) is 0.598. The minimum atomic E-state index is -0.0214. The van der Waals surface area contributed by atoms with E-state index in [0.717, 1.165) is 53.6 Å². The highest BCUT2D eigenvalue weighted by atomic mass is 32.2. The Morgan fingerprint density at radius 2 is 1.86 bits per heavy atom. The molecule has 0 unspecified atom stereocenters. The summed E-state index contributed by atoms with van der Waals surface area (Å²) < 4.78 is 2.21. The number of aromatic nitrogens is 3. The number of hydrogen-bond acceptors (Lipinski definition) is 4. The number of carbonyl (C=O) groups excluding carboxylic acids is 1. The van der Waals surface area contributed by atoms with Gasteiger partial charge >= 0.3 is 0 Å². The number of thioether (sulfide) groups is 1. The molecule has 28 heavy (non-hydrogen) atoms. The Morgan fingerprint density at radius 3 is 2.43 bits per heavy atom. The maximum Gasteiger partial charge on any atom is 0.234 e. The smallest absolute Gasteiger partial charge is 0.234 e. The molecule has 0 bridgehead atoms. The molecule has 7 heteroatoms. The molecular formula is C21H34N5OS+. The number of benzene rings is 1. The van der Waals surface area contributed by atoms with Crippen LogP contribution in [0, 0.1) is 13.8 Å². The molecule has 0 aliphatic rings. The Kier molecular flexibility index (Phi) is 8.51. The summed E-state index contributed by atoms with van der Waals surface area (Å²) in [5, 5.41) is 12.7. The fourth-order valence-electron chi connectivity index (χ4n) is 3.41. The largest absolute Gasteiger partial charge is 0.331 e. The highest BCUT2D eigenvalue weighted by molar-refractivity contribution is 7.99. The van der Waals surface area contributed by atoms with E-state index in [2.05, 4.69) is 54.1 Å². The van der Waals surface area contributed by atoms with Gasteiger partial charge in [-0.15, -0.1) is 10.2 Å². The molecule has 0 aliphatic carbocycles. The second kappa shape index (κ2) is 10.6. The van der Waals surface area contributed by atoms with E-state index < -0.39 is 0 Å². The third-order valence-electron chi connectivity index (χ3n) is 4.74. The summed E-state index contributed by atoms with van der Waals surface area (Å²) in [5.74, 6) is 1.32. The zero-order valence-corrected chi connectivity index (χ0v) is 18.8. The lowest BCUT2D eigenvalue weighted by atomic mass is 10.1. The standard InChI is InChI=1S/C21H33N5OS/c1-7-9-10-26-20(18(8-2)25(5)6)23-24-21(26)28-14-19(27)22-17-12-15(3)11-16(4)13-17/h11-13,18H,7-10,14H2,1-6H3,(H,22,27)/p+1/t18-/m0/s1. The van der Waals surface area contributed by atoms with Crippen molar-refractivity contribution in [2.75, 3.05) is 25.2 Å². The van der Waals surface area contributed by atoms with E-state index >= 15 is 0 Å². The fourth-order valence-corrected chi connectivity index (χ4v) is 4.19. The third-order valence-corrected chi connectivity index (χ3v) is 5.70. The zero-order chi connectivity index (χ0) is 20.7. The number of quaternary nitrogens is 1. The Bertz CT molecular complexity index is 767. The van der Waals surface area contributed by atoms with Crippen LogP contribution in [0.15, 0.2) is 23.4 Å². The van der Waals surface area contributed by atoms with Gasteiger partial charge in [0, 0.05) is 18.7 Å². The van der Waals surface area contributed by atoms with E-state index in [9.17, 15) is 4.79 Å². The normalized spacial score (nSPS) is 12.4. The van der Waals surface area contributed by atoms with Crippen LogP contribution in [-0.4, -0.2) is 40.5 Å². The molecule has 1 aromatic heterocycles. The van der Waals surface area contributed by atoms with Crippen molar-refractivity contribution in [2.24, 2.45) is 0 Å². The predicted molar refractivity (Wildman–Crippen MR) is 116 cm³/mol. The molecule has 0 spiro atoms. The highest BCUT2D eigenvalue weighted by Gasteiger charge is 2.25. The van der Waals surface area contributed by atoms with Crippen LogP contribution in [0.2, 0.25) is 0 Å². The van der Waals surface area contributed by atoms with E-state index in [1.165, 1.54) is 16.7 Å². The van der Waals surface area contributed by atoms with Crippen molar-refractivity contribution in [3.63, 3.8) is 0 Å². The number of aryl methyl sites for hydroxylation is 2. The second-order valence-corrected chi connectivity index (χ2v) is 8.54. The first kappa shape index (κ1) is 22.4. The van der Waals surface area contributed by atoms with Crippen LogP contribution in [0.25, 0.3) is 0 Å². The summed E-state index contributed by atoms with van der Waals surface area (Å²) in [6, 6.07) is 6.38. The third kappa shape index (κ3) is 6.07. The molecule has 0 aliphatic heterocycles. The molecule has 0 radical (unpaired) electrons. The van der Waals surface area contributed by atoms with Crippen LogP contribution in [0.5, 0.6) is 0 Å². The van der Waals surface area contributed by atoms with Gasteiger partial charge in [-0.25, -0.2) is 0 Å². The Hall–Kier alpha value is -1.86. The molecule has 154 valence electrons. The minimum absolute atomic E-state index is 0.0214. The summed E-state index contributed by atoms with van der Waals surface area (Å²) in [7, 11) is 4.30. The van der Waals surface area contributed by atoms with E-state index in [-0.39, 0.29) is 5.91 Å². The van der Waals surface area contributed by atoms with E-state index in [1.54, 1.807) is 0 Å². The molecule has 0 saturated heterocycles. The van der Waals surface area contributed by atoms with Gasteiger partial charge in [-0.2, -0.15) is 0 Å². The van der Waals surface area contributed by atoms with Gasteiger partial charge in [0.1, 0.15) is 6.04 Å². The van der Waals surface area contributed by atoms with Crippen molar-refractivity contribution in [1.82, 2.24) is 14.8 Å². The van der Waals surface area contributed by atoms with Crippen molar-refractivity contribution in [3.05, 3.63) is 35.2 Å². The Labute approximate surface area is 173 Å². The van der Waals surface area contributed by atoms with Crippen LogP contribution < -0.4 is 10.2 Å². The maximum absolute atomic E-state index is 12.4. The molecule has 6 nitrogen and oxygen atoms in total. The summed E-state index contributed by atoms with van der Waals surface area (Å²) >= 11 is 1.46. The van der Waals surface area contributed by atoms with Crippen molar-refractivity contribution in [2.45, 2.75) is 64.7 Å². The molecule has 1 aromatic carbocycles. The zero-order valence-electron chi connectivity index (χ0n) is 18.0. The van der Waals surface area contributed by atoms with Gasteiger partial charge in [0.15, 0.2) is 11.0 Å². The summed E-state index contributed by atoms with van der Waals surface area (Å²) in [5.41, 5.74) is 3.13. The van der Waals surface area contributed by atoms with Gasteiger partial charge in [0.05, 0.1) is 19.8 Å². The lowest BCUT2D eigenvalue weighted by Gasteiger charge is -2.20. The van der Waals surface area contributed by atoms with Gasteiger partial charge in [-0.1, -0.05) is 38.1 Å². The predicted octanol–water partition coefficient (Wildman–Crippen LogP) is 3.02. The average Bonchev–Trinajstić information content (AvgIpc) is 3.00. The highest BCUT2D eigenvalue weighted by Crippen LogP contribution is 2.22. The van der Waals surface area contributed by atoms with Crippen LogP contribution in [-0.2, 0) is 11.3 Å². The SMILES string of the molecule is CCCCn1c(SCC(=O)Nc2cc(C)cc(C)c2)nnc1[C@H](CC)[NH+](C)C. The summed E-state index contributed by atoms with van der Waals surface area (Å²) in [6.07, 6.45) is 3.19. The molecule has 1 heterocycles. The summed E-state index contributed by atoms with van der Waals surface area (Å²) in [6.45, 7) is 9.32. The Morgan fingerprint density at radius 1 is 1.18 bits per heavy atom. The van der Waals surface area contributed by atoms with Crippen LogP contribution >= 0.6 is 11.8 Å². The van der Waals surface area contributed by atoms with E-state index in [0.29, 0.717) is 11.8 Å². The van der Waals surface area contributed by atoms with Gasteiger partial charge in [-0.3, -0.25) is 4.79 Å². The molecule has 2 rings (SSSR count).